The summed E-state index contributed by atoms with van der Waals surface area (Å²) in [6.45, 7) is 0. The Kier molecular flexibility index (Phi) is 4.28. The number of methoxy groups -OCH3 is 1. The van der Waals surface area contributed by atoms with Crippen LogP contribution in [0.5, 0.6) is 5.75 Å². The molecular weight excluding hydrogens is 294 g/mol. The normalized spacial score (nSPS) is 12.2. The summed E-state index contributed by atoms with van der Waals surface area (Å²) in [4.78, 5) is 8.11. The first-order valence-electron chi connectivity index (χ1n) is 5.52. The van der Waals surface area contributed by atoms with Crippen molar-refractivity contribution < 1.29 is 4.74 Å². The molecule has 1 atom stereocenters. The van der Waals surface area contributed by atoms with Crippen molar-refractivity contribution in [3.63, 3.8) is 0 Å². The second kappa shape index (κ2) is 5.93. The van der Waals surface area contributed by atoms with E-state index in [1.807, 2.05) is 25.2 Å². The molecule has 1 heterocycles. The zero-order valence-corrected chi connectivity index (χ0v) is 11.8. The van der Waals surface area contributed by atoms with Crippen LogP contribution >= 0.6 is 15.9 Å². The van der Waals surface area contributed by atoms with Gasteiger partial charge in [-0.1, -0.05) is 15.9 Å². The van der Waals surface area contributed by atoms with Gasteiger partial charge in [0.15, 0.2) is 0 Å². The number of benzene rings is 1. The molecule has 0 saturated carbocycles. The first-order chi connectivity index (χ1) is 8.76. The number of aromatic nitrogens is 2. The van der Waals surface area contributed by atoms with Gasteiger partial charge in [-0.15, -0.1) is 0 Å². The van der Waals surface area contributed by atoms with Gasteiger partial charge in [-0.3, -0.25) is 0 Å². The van der Waals surface area contributed by atoms with Gasteiger partial charge in [0.25, 0.3) is 0 Å². The van der Waals surface area contributed by atoms with Crippen LogP contribution in [0.1, 0.15) is 17.2 Å². The number of nitrogens with one attached hydrogen (secondary N) is 1. The maximum absolute atomic E-state index is 5.26. The van der Waals surface area contributed by atoms with Crippen molar-refractivity contribution in [2.75, 3.05) is 14.2 Å². The lowest BCUT2D eigenvalue weighted by Gasteiger charge is -2.18. The highest BCUT2D eigenvalue weighted by molar-refractivity contribution is 9.10. The third-order valence-corrected chi connectivity index (χ3v) is 3.44. The highest BCUT2D eigenvalue weighted by Crippen LogP contribution is 2.30. The van der Waals surface area contributed by atoms with Crippen molar-refractivity contribution in [2.24, 2.45) is 0 Å². The smallest absolute Gasteiger partial charge is 0.119 e. The predicted molar refractivity (Wildman–Crippen MR) is 73.6 cm³/mol. The maximum Gasteiger partial charge on any atom is 0.119 e. The lowest BCUT2D eigenvalue weighted by atomic mass is 10.0. The topological polar surface area (TPSA) is 47.0 Å². The van der Waals surface area contributed by atoms with E-state index >= 15 is 0 Å². The minimum absolute atomic E-state index is 0.0238. The molecule has 18 heavy (non-hydrogen) atoms. The molecule has 2 rings (SSSR count). The SMILES string of the molecule is CNC(c1cncnc1)c1cc(OC)ccc1Br. The lowest BCUT2D eigenvalue weighted by Crippen LogP contribution is -2.18. The molecule has 1 N–H and O–H groups in total. The van der Waals surface area contributed by atoms with Crippen LogP contribution in [-0.4, -0.2) is 24.1 Å². The molecule has 1 aromatic carbocycles. The molecule has 0 spiro atoms. The van der Waals surface area contributed by atoms with Crippen LogP contribution in [0.25, 0.3) is 0 Å². The van der Waals surface area contributed by atoms with Crippen LogP contribution in [0.15, 0.2) is 41.4 Å². The van der Waals surface area contributed by atoms with E-state index in [2.05, 4.69) is 31.2 Å². The molecule has 0 fully saturated rings. The molecule has 0 aliphatic heterocycles. The molecular formula is C13H14BrN3O. The van der Waals surface area contributed by atoms with Gasteiger partial charge in [-0.25, -0.2) is 9.97 Å². The Bertz CT molecular complexity index is 519. The first kappa shape index (κ1) is 13.0. The molecule has 94 valence electrons. The van der Waals surface area contributed by atoms with Gasteiger partial charge in [-0.2, -0.15) is 0 Å². The number of nitrogens with zero attached hydrogens (tertiary/aromatic N) is 2. The second-order valence-corrected chi connectivity index (χ2v) is 4.64. The molecule has 0 amide bonds. The van der Waals surface area contributed by atoms with E-state index < -0.39 is 0 Å². The molecule has 5 heteroatoms. The Morgan fingerprint density at radius 1 is 1.28 bits per heavy atom. The fourth-order valence-corrected chi connectivity index (χ4v) is 2.31. The highest BCUT2D eigenvalue weighted by atomic mass is 79.9. The molecule has 0 radical (unpaired) electrons. The van der Waals surface area contributed by atoms with E-state index in [1.54, 1.807) is 19.5 Å². The van der Waals surface area contributed by atoms with E-state index in [-0.39, 0.29) is 6.04 Å². The molecule has 2 aromatic rings. The van der Waals surface area contributed by atoms with Gasteiger partial charge in [0.1, 0.15) is 12.1 Å². The molecule has 4 nitrogen and oxygen atoms in total. The number of hydrogen-bond acceptors (Lipinski definition) is 4. The van der Waals surface area contributed by atoms with Crippen LogP contribution in [0.2, 0.25) is 0 Å². The van der Waals surface area contributed by atoms with Crippen molar-refractivity contribution in [1.82, 2.24) is 15.3 Å². The Balaban J connectivity index is 2.44. The highest BCUT2D eigenvalue weighted by Gasteiger charge is 2.16. The summed E-state index contributed by atoms with van der Waals surface area (Å²) in [7, 11) is 3.57. The zero-order valence-electron chi connectivity index (χ0n) is 10.2. The zero-order chi connectivity index (χ0) is 13.0. The lowest BCUT2D eigenvalue weighted by molar-refractivity contribution is 0.413. The second-order valence-electron chi connectivity index (χ2n) is 3.78. The van der Waals surface area contributed by atoms with Crippen molar-refractivity contribution in [3.8, 4) is 5.75 Å². The standard InChI is InChI=1S/C13H14BrN3O/c1-15-13(9-6-16-8-17-7-9)11-5-10(18-2)3-4-12(11)14/h3-8,13,15H,1-2H3. The van der Waals surface area contributed by atoms with Crippen molar-refractivity contribution >= 4 is 15.9 Å². The summed E-state index contributed by atoms with van der Waals surface area (Å²) < 4.78 is 6.28. The molecule has 1 unspecified atom stereocenters. The predicted octanol–water partition coefficient (Wildman–Crippen LogP) is 2.56. The van der Waals surface area contributed by atoms with Gasteiger partial charge in [0.05, 0.1) is 13.2 Å². The van der Waals surface area contributed by atoms with Crippen molar-refractivity contribution in [3.05, 3.63) is 52.5 Å². The van der Waals surface area contributed by atoms with Gasteiger partial charge in [0.2, 0.25) is 0 Å². The Labute approximate surface area is 115 Å². The first-order valence-corrected chi connectivity index (χ1v) is 6.31. The molecule has 1 aromatic heterocycles. The van der Waals surface area contributed by atoms with E-state index in [4.69, 9.17) is 4.74 Å². The Morgan fingerprint density at radius 3 is 2.61 bits per heavy atom. The molecule has 0 saturated heterocycles. The van der Waals surface area contributed by atoms with Crippen LogP contribution in [0, 0.1) is 0 Å². The number of hydrogen-bond donors (Lipinski definition) is 1. The van der Waals surface area contributed by atoms with Gasteiger partial charge < -0.3 is 10.1 Å². The van der Waals surface area contributed by atoms with E-state index in [0.717, 1.165) is 21.3 Å². The fraction of sp³-hybridized carbons (Fsp3) is 0.231. The minimum atomic E-state index is 0.0238. The maximum atomic E-state index is 5.26. The summed E-state index contributed by atoms with van der Waals surface area (Å²) in [6.07, 6.45) is 5.14. The Morgan fingerprint density at radius 2 is 2.00 bits per heavy atom. The van der Waals surface area contributed by atoms with Crippen LogP contribution < -0.4 is 10.1 Å². The summed E-state index contributed by atoms with van der Waals surface area (Å²) in [6, 6.07) is 5.91. The summed E-state index contributed by atoms with van der Waals surface area (Å²) in [5.41, 5.74) is 2.10. The average Bonchev–Trinajstić information content (AvgIpc) is 2.43. The molecule has 0 bridgehead atoms. The quantitative estimate of drug-likeness (QED) is 0.943. The van der Waals surface area contributed by atoms with Gasteiger partial charge >= 0.3 is 0 Å². The third kappa shape index (κ3) is 2.68. The number of ether oxygens (including phenoxy) is 1. The van der Waals surface area contributed by atoms with Crippen LogP contribution in [0.3, 0.4) is 0 Å². The fourth-order valence-electron chi connectivity index (χ4n) is 1.83. The third-order valence-electron chi connectivity index (χ3n) is 2.72. The number of halogens is 1. The van der Waals surface area contributed by atoms with Crippen molar-refractivity contribution in [1.29, 1.82) is 0 Å². The van der Waals surface area contributed by atoms with Crippen molar-refractivity contribution in [2.45, 2.75) is 6.04 Å². The largest absolute Gasteiger partial charge is 0.497 e. The van der Waals surface area contributed by atoms with Gasteiger partial charge in [0, 0.05) is 22.4 Å². The average molecular weight is 308 g/mol. The molecule has 0 aliphatic rings. The van der Waals surface area contributed by atoms with E-state index in [0.29, 0.717) is 0 Å². The molecule has 0 aliphatic carbocycles. The van der Waals surface area contributed by atoms with Crippen LogP contribution in [-0.2, 0) is 0 Å². The van der Waals surface area contributed by atoms with E-state index in [9.17, 15) is 0 Å². The number of rotatable bonds is 4. The van der Waals surface area contributed by atoms with Crippen LogP contribution in [0.4, 0.5) is 0 Å². The van der Waals surface area contributed by atoms with Gasteiger partial charge in [-0.05, 0) is 30.8 Å². The Hall–Kier alpha value is -1.46. The summed E-state index contributed by atoms with van der Waals surface area (Å²) in [5, 5.41) is 3.26. The monoisotopic (exact) mass is 307 g/mol. The minimum Gasteiger partial charge on any atom is -0.497 e. The summed E-state index contributed by atoms with van der Waals surface area (Å²) >= 11 is 3.56. The van der Waals surface area contributed by atoms with E-state index in [1.165, 1.54) is 6.33 Å². The summed E-state index contributed by atoms with van der Waals surface area (Å²) in [5.74, 6) is 0.824.